The average Bonchev–Trinajstić information content (AvgIpc) is 2.76. The Kier molecular flexibility index (Phi) is 5.36. The van der Waals surface area contributed by atoms with Crippen molar-refractivity contribution < 1.29 is 14.3 Å². The number of hydrogen-bond acceptors (Lipinski definition) is 3. The number of halogens is 1. The third-order valence-electron chi connectivity index (χ3n) is 3.09. The minimum absolute atomic E-state index is 0.382. The number of nitrogens with zero attached hydrogens (tertiary/aromatic N) is 1. The Hall–Kier alpha value is -1.24. The van der Waals surface area contributed by atoms with Crippen molar-refractivity contribution in [3.8, 4) is 5.75 Å². The normalized spacial score (nSPS) is 11.7. The van der Waals surface area contributed by atoms with Crippen LogP contribution in [0.3, 0.4) is 0 Å². The zero-order chi connectivity index (χ0) is 16.3. The van der Waals surface area contributed by atoms with E-state index >= 15 is 0 Å². The zero-order valence-corrected chi connectivity index (χ0v) is 15.6. The van der Waals surface area contributed by atoms with Crippen LogP contribution in [0.15, 0.2) is 24.4 Å². The second-order valence-electron chi connectivity index (χ2n) is 6.18. The fourth-order valence-electron chi connectivity index (χ4n) is 2.11. The van der Waals surface area contributed by atoms with Crippen molar-refractivity contribution in [1.82, 2.24) is 4.57 Å². The summed E-state index contributed by atoms with van der Waals surface area (Å²) in [5.41, 5.74) is 0.245. The van der Waals surface area contributed by atoms with Gasteiger partial charge in [-0.05, 0) is 55.8 Å². The van der Waals surface area contributed by atoms with Crippen LogP contribution in [0.5, 0.6) is 5.75 Å². The first-order valence-corrected chi connectivity index (χ1v) is 8.57. The topological polar surface area (TPSA) is 40.5 Å². The van der Waals surface area contributed by atoms with Crippen molar-refractivity contribution in [2.75, 3.05) is 6.61 Å². The Bertz CT molecular complexity index is 670. The van der Waals surface area contributed by atoms with Crippen molar-refractivity contribution in [1.29, 1.82) is 0 Å². The summed E-state index contributed by atoms with van der Waals surface area (Å²) in [5, 5.41) is 1.00. The minimum Gasteiger partial charge on any atom is -0.491 e. The van der Waals surface area contributed by atoms with Gasteiger partial charge in [-0.2, -0.15) is 0 Å². The molecule has 0 aliphatic carbocycles. The van der Waals surface area contributed by atoms with Gasteiger partial charge in [-0.1, -0.05) is 25.5 Å². The van der Waals surface area contributed by atoms with Gasteiger partial charge >= 0.3 is 6.09 Å². The smallest absolute Gasteiger partial charge is 0.419 e. The molecule has 0 atom stereocenters. The quantitative estimate of drug-likeness (QED) is 0.509. The molecule has 0 saturated carbocycles. The molecule has 0 amide bonds. The molecule has 0 aliphatic rings. The average molecular weight is 415 g/mol. The number of carbonyl (C=O) groups excluding carboxylic acids is 1. The second kappa shape index (κ2) is 6.89. The highest BCUT2D eigenvalue weighted by molar-refractivity contribution is 14.1. The van der Waals surface area contributed by atoms with Gasteiger partial charge in [-0.25, -0.2) is 9.36 Å². The summed E-state index contributed by atoms with van der Waals surface area (Å²) in [6, 6.07) is 5.84. The first kappa shape index (κ1) is 17.1. The molecule has 5 heteroatoms. The van der Waals surface area contributed by atoms with E-state index in [1.807, 2.05) is 39.0 Å². The van der Waals surface area contributed by atoms with Gasteiger partial charge in [0.1, 0.15) is 16.9 Å². The largest absolute Gasteiger partial charge is 0.491 e. The Morgan fingerprint density at radius 2 is 2.05 bits per heavy atom. The Morgan fingerprint density at radius 3 is 2.68 bits per heavy atom. The lowest BCUT2D eigenvalue weighted by Gasteiger charge is -2.20. The molecular formula is C17H22INO3. The summed E-state index contributed by atoms with van der Waals surface area (Å²) in [5.74, 6) is 0.722. The molecule has 0 fully saturated rings. The lowest BCUT2D eigenvalue weighted by atomic mass is 10.2. The number of unbranched alkanes of at least 4 members (excludes halogenated alkanes) is 1. The van der Waals surface area contributed by atoms with Gasteiger partial charge in [0, 0.05) is 15.2 Å². The summed E-state index contributed by atoms with van der Waals surface area (Å²) < 4.78 is 13.9. The summed E-state index contributed by atoms with van der Waals surface area (Å²) in [6.07, 6.45) is 3.47. The number of carbonyl (C=O) groups is 1. The molecule has 2 aromatic rings. The van der Waals surface area contributed by atoms with Crippen molar-refractivity contribution in [2.24, 2.45) is 0 Å². The standard InChI is InChI=1S/C17H22INO3/c1-5-6-10-21-14-9-7-8-12-13(18)11-19(15(12)14)16(20)22-17(2,3)4/h7-9,11H,5-6,10H2,1-4H3. The minimum atomic E-state index is -0.531. The molecule has 0 spiro atoms. The molecule has 1 aromatic heterocycles. The molecule has 0 N–H and O–H groups in total. The number of benzene rings is 1. The van der Waals surface area contributed by atoms with Crippen LogP contribution in [-0.4, -0.2) is 22.9 Å². The van der Waals surface area contributed by atoms with Crippen LogP contribution >= 0.6 is 22.6 Å². The Labute approximate surface area is 144 Å². The van der Waals surface area contributed by atoms with Gasteiger partial charge < -0.3 is 9.47 Å². The summed E-state index contributed by atoms with van der Waals surface area (Å²) in [7, 11) is 0. The maximum atomic E-state index is 12.5. The molecule has 120 valence electrons. The van der Waals surface area contributed by atoms with E-state index in [1.165, 1.54) is 0 Å². The highest BCUT2D eigenvalue weighted by Crippen LogP contribution is 2.31. The lowest BCUT2D eigenvalue weighted by Crippen LogP contribution is -2.26. The molecule has 0 bridgehead atoms. The predicted molar refractivity (Wildman–Crippen MR) is 96.7 cm³/mol. The highest BCUT2D eigenvalue weighted by Gasteiger charge is 2.22. The van der Waals surface area contributed by atoms with Gasteiger partial charge in [-0.15, -0.1) is 0 Å². The van der Waals surface area contributed by atoms with Crippen LogP contribution in [0.1, 0.15) is 40.5 Å². The molecule has 0 radical (unpaired) electrons. The maximum absolute atomic E-state index is 12.5. The van der Waals surface area contributed by atoms with Gasteiger partial charge in [0.05, 0.1) is 6.61 Å². The third kappa shape index (κ3) is 3.94. The SMILES string of the molecule is CCCCOc1cccc2c(I)cn(C(=O)OC(C)(C)C)c12. The number of hydrogen-bond donors (Lipinski definition) is 0. The molecule has 2 rings (SSSR count). The van der Waals surface area contributed by atoms with Gasteiger partial charge in [-0.3, -0.25) is 0 Å². The number of ether oxygens (including phenoxy) is 2. The maximum Gasteiger partial charge on any atom is 0.419 e. The molecule has 1 heterocycles. The van der Waals surface area contributed by atoms with Crippen molar-refractivity contribution in [3.05, 3.63) is 28.0 Å². The van der Waals surface area contributed by atoms with E-state index in [2.05, 4.69) is 29.5 Å². The number of rotatable bonds is 4. The van der Waals surface area contributed by atoms with Crippen LogP contribution < -0.4 is 4.74 Å². The van der Waals surface area contributed by atoms with Crippen LogP contribution in [0.2, 0.25) is 0 Å². The van der Waals surface area contributed by atoms with Crippen LogP contribution in [0, 0.1) is 3.57 Å². The summed E-state index contributed by atoms with van der Waals surface area (Å²) in [6.45, 7) is 8.35. The first-order valence-electron chi connectivity index (χ1n) is 7.49. The molecule has 0 aliphatic heterocycles. The van der Waals surface area contributed by atoms with E-state index in [4.69, 9.17) is 9.47 Å². The van der Waals surface area contributed by atoms with Gasteiger partial charge in [0.2, 0.25) is 0 Å². The van der Waals surface area contributed by atoms with Gasteiger partial charge in [0.15, 0.2) is 0 Å². The van der Waals surface area contributed by atoms with E-state index < -0.39 is 5.60 Å². The predicted octanol–water partition coefficient (Wildman–Crippen LogP) is 5.21. The fraction of sp³-hybridized carbons (Fsp3) is 0.471. The molecule has 1 aromatic carbocycles. The van der Waals surface area contributed by atoms with E-state index in [0.717, 1.165) is 33.1 Å². The van der Waals surface area contributed by atoms with E-state index in [1.54, 1.807) is 10.8 Å². The van der Waals surface area contributed by atoms with Crippen LogP contribution in [0.25, 0.3) is 10.9 Å². The molecule has 4 nitrogen and oxygen atoms in total. The molecule has 0 unspecified atom stereocenters. The fourth-order valence-corrected chi connectivity index (χ4v) is 2.82. The van der Waals surface area contributed by atoms with Crippen molar-refractivity contribution in [2.45, 2.75) is 46.1 Å². The summed E-state index contributed by atoms with van der Waals surface area (Å²) >= 11 is 2.23. The van der Waals surface area contributed by atoms with Crippen molar-refractivity contribution >= 4 is 39.6 Å². The number of fused-ring (bicyclic) bond motifs is 1. The van der Waals surface area contributed by atoms with E-state index in [9.17, 15) is 4.79 Å². The lowest BCUT2D eigenvalue weighted by molar-refractivity contribution is 0.0543. The number of aromatic nitrogens is 1. The Morgan fingerprint density at radius 1 is 1.32 bits per heavy atom. The number of para-hydroxylation sites is 1. The first-order chi connectivity index (χ1) is 10.3. The molecule has 0 saturated heterocycles. The van der Waals surface area contributed by atoms with Crippen LogP contribution in [-0.2, 0) is 4.74 Å². The Balaban J connectivity index is 2.43. The summed E-state index contributed by atoms with van der Waals surface area (Å²) in [4.78, 5) is 12.5. The second-order valence-corrected chi connectivity index (χ2v) is 7.34. The zero-order valence-electron chi connectivity index (χ0n) is 13.5. The third-order valence-corrected chi connectivity index (χ3v) is 3.94. The van der Waals surface area contributed by atoms with Gasteiger partial charge in [0.25, 0.3) is 0 Å². The van der Waals surface area contributed by atoms with Crippen molar-refractivity contribution in [3.63, 3.8) is 0 Å². The monoisotopic (exact) mass is 415 g/mol. The molecular weight excluding hydrogens is 393 g/mol. The van der Waals surface area contributed by atoms with Crippen LogP contribution in [0.4, 0.5) is 4.79 Å². The van der Waals surface area contributed by atoms with E-state index in [-0.39, 0.29) is 6.09 Å². The highest BCUT2D eigenvalue weighted by atomic mass is 127. The van der Waals surface area contributed by atoms with E-state index in [0.29, 0.717) is 6.61 Å². The molecule has 22 heavy (non-hydrogen) atoms.